The average molecular weight is 256 g/mol. The summed E-state index contributed by atoms with van der Waals surface area (Å²) in [5.74, 6) is 1.45. The summed E-state index contributed by atoms with van der Waals surface area (Å²) in [5, 5.41) is 0. The van der Waals surface area contributed by atoms with Crippen molar-refractivity contribution in [2.45, 2.75) is 33.2 Å². The molecular weight excluding hydrogens is 236 g/mol. The van der Waals surface area contributed by atoms with E-state index in [1.807, 2.05) is 31.2 Å². The molecule has 0 aliphatic carbocycles. The maximum Gasteiger partial charge on any atom is 0.222 e. The number of rotatable bonds is 4. The molecule has 1 heterocycles. The zero-order chi connectivity index (χ0) is 13.8. The van der Waals surface area contributed by atoms with Gasteiger partial charge in [-0.3, -0.25) is 0 Å². The average Bonchev–Trinajstić information content (AvgIpc) is 2.36. The van der Waals surface area contributed by atoms with Crippen LogP contribution in [0.3, 0.4) is 0 Å². The van der Waals surface area contributed by atoms with E-state index in [4.69, 9.17) is 10.5 Å². The van der Waals surface area contributed by atoms with E-state index in [1.165, 1.54) is 11.1 Å². The third kappa shape index (κ3) is 3.55. The number of nitrogens with two attached hydrogens (primary N) is 1. The van der Waals surface area contributed by atoms with E-state index >= 15 is 0 Å². The summed E-state index contributed by atoms with van der Waals surface area (Å²) in [4.78, 5) is 4.30. The zero-order valence-electron chi connectivity index (χ0n) is 11.7. The molecule has 0 amide bonds. The topological polar surface area (TPSA) is 48.1 Å². The number of aromatic nitrogens is 1. The van der Waals surface area contributed by atoms with Gasteiger partial charge in [0.15, 0.2) is 0 Å². The molecule has 1 unspecified atom stereocenters. The van der Waals surface area contributed by atoms with E-state index in [-0.39, 0.29) is 6.04 Å². The van der Waals surface area contributed by atoms with E-state index in [9.17, 15) is 0 Å². The van der Waals surface area contributed by atoms with E-state index in [1.54, 1.807) is 6.20 Å². The lowest BCUT2D eigenvalue weighted by atomic mass is 10.1. The maximum atomic E-state index is 5.88. The number of nitrogens with zero attached hydrogens (tertiary/aromatic N) is 1. The van der Waals surface area contributed by atoms with Gasteiger partial charge >= 0.3 is 0 Å². The van der Waals surface area contributed by atoms with Gasteiger partial charge in [0.25, 0.3) is 0 Å². The third-order valence-corrected chi connectivity index (χ3v) is 3.08. The molecule has 1 aromatic heterocycles. The van der Waals surface area contributed by atoms with E-state index < -0.39 is 0 Å². The summed E-state index contributed by atoms with van der Waals surface area (Å²) in [5.41, 5.74) is 9.35. The first kappa shape index (κ1) is 13.6. The van der Waals surface area contributed by atoms with Gasteiger partial charge in [0, 0.05) is 17.8 Å². The Kier molecular flexibility index (Phi) is 4.17. The van der Waals surface area contributed by atoms with Gasteiger partial charge in [-0.2, -0.15) is 0 Å². The molecule has 2 rings (SSSR count). The van der Waals surface area contributed by atoms with Crippen LogP contribution in [0.15, 0.2) is 36.5 Å². The normalized spacial score (nSPS) is 12.2. The van der Waals surface area contributed by atoms with Crippen LogP contribution in [-0.2, 0) is 6.42 Å². The second-order valence-corrected chi connectivity index (χ2v) is 5.00. The smallest absolute Gasteiger partial charge is 0.222 e. The molecule has 2 N–H and O–H groups in total. The third-order valence-electron chi connectivity index (χ3n) is 3.08. The molecule has 19 heavy (non-hydrogen) atoms. The zero-order valence-corrected chi connectivity index (χ0v) is 11.7. The van der Waals surface area contributed by atoms with Crippen molar-refractivity contribution in [2.75, 3.05) is 0 Å². The molecule has 0 aliphatic rings. The second-order valence-electron chi connectivity index (χ2n) is 5.00. The summed E-state index contributed by atoms with van der Waals surface area (Å²) >= 11 is 0. The van der Waals surface area contributed by atoms with Crippen molar-refractivity contribution in [3.63, 3.8) is 0 Å². The molecule has 0 fully saturated rings. The highest BCUT2D eigenvalue weighted by Crippen LogP contribution is 2.25. The minimum Gasteiger partial charge on any atom is -0.439 e. The highest BCUT2D eigenvalue weighted by Gasteiger charge is 2.08. The summed E-state index contributed by atoms with van der Waals surface area (Å²) in [6.07, 6.45) is 2.50. The van der Waals surface area contributed by atoms with Crippen LogP contribution in [0.5, 0.6) is 11.6 Å². The van der Waals surface area contributed by atoms with Crippen LogP contribution in [-0.4, -0.2) is 11.0 Å². The fraction of sp³-hybridized carbons (Fsp3) is 0.312. The lowest BCUT2D eigenvalue weighted by Crippen LogP contribution is -2.18. The molecule has 1 aromatic carbocycles. The molecule has 0 bridgehead atoms. The van der Waals surface area contributed by atoms with Gasteiger partial charge in [-0.05, 0) is 56.5 Å². The Balaban J connectivity index is 2.25. The Hall–Kier alpha value is -1.87. The lowest BCUT2D eigenvalue weighted by molar-refractivity contribution is 0.453. The highest BCUT2D eigenvalue weighted by atomic mass is 16.5. The van der Waals surface area contributed by atoms with Gasteiger partial charge in [0.1, 0.15) is 5.75 Å². The van der Waals surface area contributed by atoms with Crippen molar-refractivity contribution < 1.29 is 4.74 Å². The van der Waals surface area contributed by atoms with Crippen LogP contribution in [0.4, 0.5) is 0 Å². The number of aryl methyl sites for hydroxylation is 2. The van der Waals surface area contributed by atoms with E-state index in [0.29, 0.717) is 5.88 Å². The number of hydrogen-bond donors (Lipinski definition) is 1. The molecule has 100 valence electrons. The standard InChI is InChI=1S/C16H20N2O/c1-11-6-7-15(9-12(11)2)19-16-14(10-13(3)17)5-4-8-18-16/h4-9,13H,10,17H2,1-3H3. The Morgan fingerprint density at radius 2 is 2.00 bits per heavy atom. The van der Waals surface area contributed by atoms with Crippen LogP contribution in [0.25, 0.3) is 0 Å². The highest BCUT2D eigenvalue weighted by molar-refractivity contribution is 5.37. The van der Waals surface area contributed by atoms with Crippen LogP contribution in [0, 0.1) is 13.8 Å². The van der Waals surface area contributed by atoms with Gasteiger partial charge in [-0.25, -0.2) is 4.98 Å². The molecule has 1 atom stereocenters. The van der Waals surface area contributed by atoms with Gasteiger partial charge in [-0.1, -0.05) is 12.1 Å². The van der Waals surface area contributed by atoms with Gasteiger partial charge in [0.2, 0.25) is 5.88 Å². The van der Waals surface area contributed by atoms with E-state index in [2.05, 4.69) is 24.9 Å². The quantitative estimate of drug-likeness (QED) is 0.912. The first-order valence-corrected chi connectivity index (χ1v) is 6.51. The summed E-state index contributed by atoms with van der Waals surface area (Å²) in [6.45, 7) is 6.14. The first-order chi connectivity index (χ1) is 9.06. The molecule has 0 saturated carbocycles. The molecule has 0 spiro atoms. The Labute approximate surface area is 114 Å². The van der Waals surface area contributed by atoms with Crippen molar-refractivity contribution >= 4 is 0 Å². The number of benzene rings is 1. The summed E-state index contributed by atoms with van der Waals surface area (Å²) in [6, 6.07) is 10.1. The largest absolute Gasteiger partial charge is 0.439 e. The maximum absolute atomic E-state index is 5.88. The monoisotopic (exact) mass is 256 g/mol. The second kappa shape index (κ2) is 5.85. The molecule has 0 radical (unpaired) electrons. The molecule has 0 aliphatic heterocycles. The van der Waals surface area contributed by atoms with Crippen LogP contribution >= 0.6 is 0 Å². The van der Waals surface area contributed by atoms with Gasteiger partial charge in [0.05, 0.1) is 0 Å². The van der Waals surface area contributed by atoms with E-state index in [0.717, 1.165) is 17.7 Å². The van der Waals surface area contributed by atoms with Gasteiger partial charge in [-0.15, -0.1) is 0 Å². The SMILES string of the molecule is Cc1ccc(Oc2ncccc2CC(C)N)cc1C. The Bertz CT molecular complexity index is 564. The molecule has 3 heteroatoms. The first-order valence-electron chi connectivity index (χ1n) is 6.51. The number of hydrogen-bond acceptors (Lipinski definition) is 3. The summed E-state index contributed by atoms with van der Waals surface area (Å²) in [7, 11) is 0. The fourth-order valence-electron chi connectivity index (χ4n) is 1.91. The summed E-state index contributed by atoms with van der Waals surface area (Å²) < 4.78 is 5.88. The van der Waals surface area contributed by atoms with Crippen molar-refractivity contribution in [3.8, 4) is 11.6 Å². The lowest BCUT2D eigenvalue weighted by Gasteiger charge is -2.12. The predicted molar refractivity (Wildman–Crippen MR) is 77.6 cm³/mol. The van der Waals surface area contributed by atoms with Crippen molar-refractivity contribution in [2.24, 2.45) is 5.73 Å². The van der Waals surface area contributed by atoms with Crippen molar-refractivity contribution in [1.82, 2.24) is 4.98 Å². The molecule has 2 aromatic rings. The fourth-order valence-corrected chi connectivity index (χ4v) is 1.91. The van der Waals surface area contributed by atoms with Crippen LogP contribution in [0.2, 0.25) is 0 Å². The number of ether oxygens (including phenoxy) is 1. The Morgan fingerprint density at radius 3 is 2.68 bits per heavy atom. The van der Waals surface area contributed by atoms with Crippen molar-refractivity contribution in [3.05, 3.63) is 53.2 Å². The van der Waals surface area contributed by atoms with Crippen LogP contribution in [0.1, 0.15) is 23.6 Å². The molecule has 3 nitrogen and oxygen atoms in total. The minimum atomic E-state index is 0.0892. The minimum absolute atomic E-state index is 0.0892. The predicted octanol–water partition coefficient (Wildman–Crippen LogP) is 3.38. The van der Waals surface area contributed by atoms with Crippen LogP contribution < -0.4 is 10.5 Å². The number of pyridine rings is 1. The molecular formula is C16H20N2O. The van der Waals surface area contributed by atoms with Gasteiger partial charge < -0.3 is 10.5 Å². The Morgan fingerprint density at radius 1 is 1.21 bits per heavy atom. The molecule has 0 saturated heterocycles. The van der Waals surface area contributed by atoms with Crippen molar-refractivity contribution in [1.29, 1.82) is 0 Å².